The molecule has 6 N–H and O–H groups in total. The van der Waals surface area contributed by atoms with Crippen LogP contribution >= 0.6 is 0 Å². The van der Waals surface area contributed by atoms with Crippen molar-refractivity contribution in [2.24, 2.45) is 11.1 Å². The highest BCUT2D eigenvalue weighted by molar-refractivity contribution is 5.98. The van der Waals surface area contributed by atoms with Crippen molar-refractivity contribution in [2.75, 3.05) is 91.5 Å². The van der Waals surface area contributed by atoms with E-state index in [4.69, 9.17) is 29.4 Å². The molecule has 0 aromatic heterocycles. The molecule has 1 aromatic carbocycles. The molecule has 0 heterocycles. The monoisotopic (exact) mass is 598 g/mol. The van der Waals surface area contributed by atoms with Gasteiger partial charge in [-0.1, -0.05) is 20.8 Å². The quantitative estimate of drug-likeness (QED) is 0.108. The van der Waals surface area contributed by atoms with Crippen molar-refractivity contribution in [3.8, 4) is 0 Å². The first kappa shape index (κ1) is 37.2. The van der Waals surface area contributed by atoms with Crippen molar-refractivity contribution in [3.63, 3.8) is 0 Å². The van der Waals surface area contributed by atoms with Gasteiger partial charge >= 0.3 is 5.97 Å². The Morgan fingerprint density at radius 2 is 1.26 bits per heavy atom. The van der Waals surface area contributed by atoms with Crippen LogP contribution in [0.5, 0.6) is 0 Å². The summed E-state index contributed by atoms with van der Waals surface area (Å²) in [4.78, 5) is 37.9. The van der Waals surface area contributed by atoms with Gasteiger partial charge < -0.3 is 50.5 Å². The zero-order chi connectivity index (χ0) is 31.3. The summed E-state index contributed by atoms with van der Waals surface area (Å²) in [5.74, 6) is -2.05. The maximum atomic E-state index is 13.0. The van der Waals surface area contributed by atoms with Crippen molar-refractivity contribution < 1.29 is 43.2 Å². The average molecular weight is 599 g/mol. The van der Waals surface area contributed by atoms with Crippen LogP contribution in [0.2, 0.25) is 0 Å². The standard InChI is InChI=1S/C29H50N4O9/c1-28(2,3)29(27(36)37,33-26(35)23-5-7-24(31-4)8-6-23)10-9-25(34)32-12-14-39-16-18-41-20-22-42-21-19-40-17-15-38-13-11-30/h5-8,31H,9-22,30H2,1-4H3,(H,32,34)(H,33,35)(H,36,37)/t29-/m1/s1. The van der Waals surface area contributed by atoms with Gasteiger partial charge in [-0.2, -0.15) is 0 Å². The molecule has 0 radical (unpaired) electrons. The number of nitrogens with two attached hydrogens (primary N) is 1. The molecule has 2 amide bonds. The van der Waals surface area contributed by atoms with Gasteiger partial charge in [-0.3, -0.25) is 9.59 Å². The lowest BCUT2D eigenvalue weighted by molar-refractivity contribution is -0.150. The van der Waals surface area contributed by atoms with Crippen molar-refractivity contribution >= 4 is 23.5 Å². The highest BCUT2D eigenvalue weighted by Crippen LogP contribution is 2.35. The summed E-state index contributed by atoms with van der Waals surface area (Å²) >= 11 is 0. The van der Waals surface area contributed by atoms with Crippen LogP contribution in [-0.2, 0) is 33.3 Å². The van der Waals surface area contributed by atoms with E-state index in [0.29, 0.717) is 71.6 Å². The number of hydrogen-bond acceptors (Lipinski definition) is 10. The fourth-order valence-corrected chi connectivity index (χ4v) is 3.88. The first-order valence-electron chi connectivity index (χ1n) is 14.3. The van der Waals surface area contributed by atoms with Crippen molar-refractivity contribution in [1.29, 1.82) is 0 Å². The van der Waals surface area contributed by atoms with Gasteiger partial charge in [-0.25, -0.2) is 4.79 Å². The number of carboxylic acids is 1. The van der Waals surface area contributed by atoms with E-state index in [0.717, 1.165) is 5.69 Å². The van der Waals surface area contributed by atoms with Crippen LogP contribution in [-0.4, -0.2) is 115 Å². The maximum Gasteiger partial charge on any atom is 0.329 e. The van der Waals surface area contributed by atoms with E-state index < -0.39 is 22.8 Å². The van der Waals surface area contributed by atoms with Crippen molar-refractivity contribution in [2.45, 2.75) is 39.2 Å². The van der Waals surface area contributed by atoms with Gasteiger partial charge in [0.1, 0.15) is 5.54 Å². The van der Waals surface area contributed by atoms with Crippen molar-refractivity contribution in [1.82, 2.24) is 10.6 Å². The molecule has 13 heteroatoms. The third-order valence-corrected chi connectivity index (χ3v) is 6.45. The molecule has 0 unspecified atom stereocenters. The first-order valence-corrected chi connectivity index (χ1v) is 14.3. The Bertz CT molecular complexity index is 909. The molecule has 42 heavy (non-hydrogen) atoms. The fraction of sp³-hybridized carbons (Fsp3) is 0.690. The van der Waals surface area contributed by atoms with Gasteiger partial charge in [0.2, 0.25) is 5.91 Å². The van der Waals surface area contributed by atoms with E-state index in [2.05, 4.69) is 16.0 Å². The largest absolute Gasteiger partial charge is 0.479 e. The van der Waals surface area contributed by atoms with E-state index in [-0.39, 0.29) is 31.9 Å². The molecule has 0 fully saturated rings. The van der Waals surface area contributed by atoms with Crippen LogP contribution in [0, 0.1) is 5.41 Å². The molecule has 0 aliphatic rings. The molecule has 240 valence electrons. The van der Waals surface area contributed by atoms with Crippen LogP contribution in [0.1, 0.15) is 44.0 Å². The van der Waals surface area contributed by atoms with E-state index in [1.807, 2.05) is 0 Å². The second-order valence-electron chi connectivity index (χ2n) is 10.4. The predicted octanol–water partition coefficient (Wildman–Crippen LogP) is 1.27. The summed E-state index contributed by atoms with van der Waals surface area (Å²) < 4.78 is 26.9. The number of anilines is 1. The van der Waals surface area contributed by atoms with E-state index in [9.17, 15) is 19.5 Å². The number of carbonyl (C=O) groups is 3. The lowest BCUT2D eigenvalue weighted by atomic mass is 9.70. The molecule has 1 atom stereocenters. The topological polar surface area (TPSA) is 180 Å². The number of rotatable bonds is 24. The number of carboxylic acid groups (broad SMARTS) is 1. The molecule has 0 aliphatic heterocycles. The predicted molar refractivity (Wildman–Crippen MR) is 159 cm³/mol. The molecule has 1 aromatic rings. The summed E-state index contributed by atoms with van der Waals surface area (Å²) in [5.41, 5.74) is 3.94. The minimum absolute atomic E-state index is 0.0793. The van der Waals surface area contributed by atoms with Crippen molar-refractivity contribution in [3.05, 3.63) is 29.8 Å². The lowest BCUT2D eigenvalue weighted by Crippen LogP contribution is -2.62. The zero-order valence-corrected chi connectivity index (χ0v) is 25.5. The number of ether oxygens (including phenoxy) is 5. The number of hydrogen-bond donors (Lipinski definition) is 5. The zero-order valence-electron chi connectivity index (χ0n) is 25.5. The van der Waals surface area contributed by atoms with Gasteiger partial charge in [-0.15, -0.1) is 0 Å². The van der Waals surface area contributed by atoms with Gasteiger partial charge in [-0.05, 0) is 36.1 Å². The van der Waals surface area contributed by atoms with E-state index >= 15 is 0 Å². The second-order valence-corrected chi connectivity index (χ2v) is 10.4. The Morgan fingerprint density at radius 1 is 0.786 bits per heavy atom. The smallest absolute Gasteiger partial charge is 0.329 e. The minimum Gasteiger partial charge on any atom is -0.479 e. The van der Waals surface area contributed by atoms with Crippen LogP contribution in [0.4, 0.5) is 5.69 Å². The SMILES string of the molecule is CNc1ccc(C(=O)N[C@](CCC(=O)NCCOCCOCCOCCOCCOCCN)(C(=O)O)C(C)(C)C)cc1. The van der Waals surface area contributed by atoms with E-state index in [1.165, 1.54) is 0 Å². The Labute approximate surface area is 249 Å². The summed E-state index contributed by atoms with van der Waals surface area (Å²) in [6, 6.07) is 6.69. The van der Waals surface area contributed by atoms with Crippen LogP contribution in [0.3, 0.4) is 0 Å². The molecule has 0 bridgehead atoms. The molecule has 0 saturated carbocycles. The third kappa shape index (κ3) is 14.4. The number of amides is 2. The lowest BCUT2D eigenvalue weighted by Gasteiger charge is -2.41. The molecule has 0 saturated heterocycles. The van der Waals surface area contributed by atoms with Crippen LogP contribution in [0.25, 0.3) is 0 Å². The molecule has 0 aliphatic carbocycles. The molecular formula is C29H50N4O9. The average Bonchev–Trinajstić information content (AvgIpc) is 2.95. The minimum atomic E-state index is -1.66. The fourth-order valence-electron chi connectivity index (χ4n) is 3.88. The molecular weight excluding hydrogens is 548 g/mol. The Morgan fingerprint density at radius 3 is 1.69 bits per heavy atom. The third-order valence-electron chi connectivity index (χ3n) is 6.45. The molecule has 0 spiro atoms. The Balaban J connectivity index is 2.27. The summed E-state index contributed by atoms with van der Waals surface area (Å²) in [6.45, 7) is 10.3. The van der Waals surface area contributed by atoms with Gasteiger partial charge in [0.05, 0.1) is 66.1 Å². The second kappa shape index (κ2) is 21.0. The van der Waals surface area contributed by atoms with Gasteiger partial charge in [0.15, 0.2) is 0 Å². The number of benzene rings is 1. The highest BCUT2D eigenvalue weighted by Gasteiger charge is 2.50. The summed E-state index contributed by atoms with van der Waals surface area (Å²) in [7, 11) is 1.76. The number of carbonyl (C=O) groups excluding carboxylic acids is 2. The first-order chi connectivity index (χ1) is 20.1. The maximum absolute atomic E-state index is 13.0. The number of nitrogens with one attached hydrogen (secondary N) is 3. The van der Waals surface area contributed by atoms with Gasteiger partial charge in [0.25, 0.3) is 5.91 Å². The molecule has 1 rings (SSSR count). The van der Waals surface area contributed by atoms with Gasteiger partial charge in [0, 0.05) is 37.8 Å². The summed E-state index contributed by atoms with van der Waals surface area (Å²) in [5, 5.41) is 18.6. The van der Waals surface area contributed by atoms with Crippen LogP contribution < -0.4 is 21.7 Å². The molecule has 13 nitrogen and oxygen atoms in total. The normalized spacial score (nSPS) is 12.9. The Hall–Kier alpha value is -2.81. The summed E-state index contributed by atoms with van der Waals surface area (Å²) in [6.07, 6.45) is -0.164. The van der Waals surface area contributed by atoms with E-state index in [1.54, 1.807) is 52.1 Å². The van der Waals surface area contributed by atoms with Crippen LogP contribution in [0.15, 0.2) is 24.3 Å². The Kier molecular flexibility index (Phi) is 18.6. The highest BCUT2D eigenvalue weighted by atomic mass is 16.6. The number of aliphatic carboxylic acids is 1.